The van der Waals surface area contributed by atoms with E-state index in [4.69, 9.17) is 9.97 Å². The van der Waals surface area contributed by atoms with Crippen molar-refractivity contribution in [3.05, 3.63) is 212 Å². The van der Waals surface area contributed by atoms with Crippen LogP contribution in [0.2, 0.25) is 0 Å². The predicted octanol–water partition coefficient (Wildman–Crippen LogP) is 16.7. The van der Waals surface area contributed by atoms with E-state index in [1.165, 1.54) is 96.6 Å². The van der Waals surface area contributed by atoms with Crippen LogP contribution in [0.1, 0.15) is 0 Å². The van der Waals surface area contributed by atoms with Gasteiger partial charge in [0.15, 0.2) is 5.65 Å². The summed E-state index contributed by atoms with van der Waals surface area (Å²) < 4.78 is 4.89. The zero-order valence-corrected chi connectivity index (χ0v) is 35.3. The van der Waals surface area contributed by atoms with Crippen molar-refractivity contribution in [2.24, 2.45) is 0 Å². The fraction of sp³-hybridized carbons (Fsp3) is 0. The van der Waals surface area contributed by atoms with Crippen molar-refractivity contribution in [2.75, 3.05) is 0 Å². The molecule has 0 bridgehead atoms. The Hall–Kier alpha value is -8.18. The molecule has 4 aromatic heterocycles. The highest BCUT2D eigenvalue weighted by Gasteiger charge is 2.20. The van der Waals surface area contributed by atoms with Crippen molar-refractivity contribution in [1.82, 2.24) is 14.4 Å². The smallest absolute Gasteiger partial charge is 0.156 e. The lowest BCUT2D eigenvalue weighted by atomic mass is 9.90. The molecule has 0 saturated carbocycles. The molecule has 0 amide bonds. The van der Waals surface area contributed by atoms with E-state index < -0.39 is 0 Å². The minimum absolute atomic E-state index is 1.00. The van der Waals surface area contributed by atoms with Gasteiger partial charge in [-0.3, -0.25) is 9.38 Å². The van der Waals surface area contributed by atoms with Gasteiger partial charge in [0.1, 0.15) is 0 Å². The average Bonchev–Trinajstić information content (AvgIpc) is 3.92. The van der Waals surface area contributed by atoms with Gasteiger partial charge in [-0.15, -0.1) is 11.3 Å². The molecule has 14 aromatic rings. The third kappa shape index (κ3) is 5.33. The second-order valence-electron chi connectivity index (χ2n) is 16.9. The van der Waals surface area contributed by atoms with Gasteiger partial charge >= 0.3 is 0 Å². The number of rotatable bonds is 4. The number of fused-ring (bicyclic) bond motifs is 13. The molecule has 0 aliphatic rings. The molecule has 0 fully saturated rings. The topological polar surface area (TPSA) is 30.2 Å². The van der Waals surface area contributed by atoms with Crippen molar-refractivity contribution in [2.45, 2.75) is 0 Å². The Balaban J connectivity index is 0.887. The minimum Gasteiger partial charge on any atom is -0.291 e. The van der Waals surface area contributed by atoms with Gasteiger partial charge in [0.2, 0.25) is 0 Å². The van der Waals surface area contributed by atoms with Crippen molar-refractivity contribution in [3.63, 3.8) is 0 Å². The summed E-state index contributed by atoms with van der Waals surface area (Å²) in [6.45, 7) is 0. The maximum Gasteiger partial charge on any atom is 0.156 e. The minimum atomic E-state index is 1.00. The summed E-state index contributed by atoms with van der Waals surface area (Å²) in [7, 11) is 0. The average molecular weight is 830 g/mol. The molecule has 0 unspecified atom stereocenters. The molecule has 0 aliphatic carbocycles. The molecule has 0 saturated heterocycles. The van der Waals surface area contributed by atoms with Crippen LogP contribution >= 0.6 is 11.3 Å². The maximum absolute atomic E-state index is 5.39. The molecule has 4 heterocycles. The fourth-order valence-electron chi connectivity index (χ4n) is 10.3. The molecular formula is C60H35N3S. The summed E-state index contributed by atoms with van der Waals surface area (Å²) >= 11 is 1.84. The first-order valence-electron chi connectivity index (χ1n) is 21.8. The molecular weight excluding hydrogens is 795 g/mol. The van der Waals surface area contributed by atoms with Gasteiger partial charge in [-0.2, -0.15) is 0 Å². The van der Waals surface area contributed by atoms with E-state index in [9.17, 15) is 0 Å². The molecule has 0 spiro atoms. The fourth-order valence-corrected chi connectivity index (χ4v) is 11.5. The summed E-state index contributed by atoms with van der Waals surface area (Å²) in [5.41, 5.74) is 13.7. The molecule has 3 nitrogen and oxygen atoms in total. The van der Waals surface area contributed by atoms with Crippen molar-refractivity contribution in [1.29, 1.82) is 0 Å². The zero-order valence-electron chi connectivity index (χ0n) is 34.5. The largest absolute Gasteiger partial charge is 0.291 e. The highest BCUT2D eigenvalue weighted by Crippen LogP contribution is 2.44. The van der Waals surface area contributed by atoms with Gasteiger partial charge < -0.3 is 0 Å². The third-order valence-electron chi connectivity index (χ3n) is 13.4. The number of benzene rings is 10. The molecule has 0 atom stereocenters. The van der Waals surface area contributed by atoms with Gasteiger partial charge in [-0.05, 0) is 119 Å². The van der Waals surface area contributed by atoms with E-state index in [1.54, 1.807) is 0 Å². The molecule has 10 aromatic carbocycles. The highest BCUT2D eigenvalue weighted by molar-refractivity contribution is 7.26. The third-order valence-corrected chi connectivity index (χ3v) is 14.5. The number of aromatic nitrogens is 3. The van der Waals surface area contributed by atoms with Crippen LogP contribution in [0, 0.1) is 0 Å². The maximum atomic E-state index is 5.39. The lowest BCUT2D eigenvalue weighted by Gasteiger charge is -2.14. The van der Waals surface area contributed by atoms with Crippen LogP contribution in [-0.2, 0) is 0 Å². The molecule has 14 rings (SSSR count). The molecule has 4 heteroatoms. The van der Waals surface area contributed by atoms with Crippen molar-refractivity contribution < 1.29 is 0 Å². The van der Waals surface area contributed by atoms with Gasteiger partial charge in [-0.1, -0.05) is 164 Å². The Labute approximate surface area is 371 Å². The second kappa shape index (κ2) is 13.7. The first-order valence-corrected chi connectivity index (χ1v) is 22.6. The Kier molecular flexibility index (Phi) is 7.56. The number of hydrogen-bond acceptors (Lipinski definition) is 3. The molecule has 64 heavy (non-hydrogen) atoms. The van der Waals surface area contributed by atoms with Crippen LogP contribution < -0.4 is 0 Å². The van der Waals surface area contributed by atoms with E-state index in [0.717, 1.165) is 38.8 Å². The van der Waals surface area contributed by atoms with E-state index >= 15 is 0 Å². The van der Waals surface area contributed by atoms with Gasteiger partial charge in [-0.25, -0.2) is 4.98 Å². The lowest BCUT2D eigenvalue weighted by Crippen LogP contribution is -1.93. The number of thiophene rings is 1. The van der Waals surface area contributed by atoms with Crippen LogP contribution in [0.15, 0.2) is 212 Å². The lowest BCUT2D eigenvalue weighted by molar-refractivity contribution is 1.25. The predicted molar refractivity (Wildman–Crippen MR) is 273 cm³/mol. The van der Waals surface area contributed by atoms with Crippen LogP contribution in [-0.4, -0.2) is 14.4 Å². The quantitative estimate of drug-likeness (QED) is 0.165. The Morgan fingerprint density at radius 1 is 0.375 bits per heavy atom. The monoisotopic (exact) mass is 829 g/mol. The van der Waals surface area contributed by atoms with Crippen LogP contribution in [0.25, 0.3) is 135 Å². The normalized spacial score (nSPS) is 12.1. The molecule has 0 N–H and O–H groups in total. The number of pyridine rings is 2. The van der Waals surface area contributed by atoms with E-state index in [2.05, 4.69) is 205 Å². The number of nitrogens with zero attached hydrogens (tertiary/aromatic N) is 3. The summed E-state index contributed by atoms with van der Waals surface area (Å²) in [4.78, 5) is 10.1. The zero-order chi connectivity index (χ0) is 41.9. The summed E-state index contributed by atoms with van der Waals surface area (Å²) in [5.74, 6) is 0. The van der Waals surface area contributed by atoms with Crippen molar-refractivity contribution in [3.8, 4) is 44.6 Å². The Bertz CT molecular complexity index is 4230. The molecule has 0 radical (unpaired) electrons. The summed E-state index contributed by atoms with van der Waals surface area (Å²) in [6, 6.07) is 75.6. The van der Waals surface area contributed by atoms with Crippen LogP contribution in [0.5, 0.6) is 0 Å². The first-order chi connectivity index (χ1) is 31.7. The van der Waals surface area contributed by atoms with E-state index in [0.29, 0.717) is 0 Å². The van der Waals surface area contributed by atoms with Gasteiger partial charge in [0, 0.05) is 32.4 Å². The molecule has 296 valence electrons. The van der Waals surface area contributed by atoms with Gasteiger partial charge in [0.05, 0.1) is 26.9 Å². The van der Waals surface area contributed by atoms with E-state index in [-0.39, 0.29) is 0 Å². The summed E-state index contributed by atoms with van der Waals surface area (Å²) in [6.07, 6.45) is 1.88. The number of hydrogen-bond donors (Lipinski definition) is 0. The Morgan fingerprint density at radius 2 is 0.906 bits per heavy atom. The van der Waals surface area contributed by atoms with E-state index in [1.807, 2.05) is 23.6 Å². The standard InChI is InChI=1S/C60H35N3S/c1-4-13-43-34-57-52(30-40(43)10-1)53-35-55(63-56-33-42-12-3-2-11-41(42)32-54(56)62-60(63)59(53)64-57)39-25-23-37(24-26-39)46-28-27-45(47-15-5-6-16-48(46)47)36-19-21-38(22-20-36)51-31-44-14-9-29-61-58(44)50-18-8-7-17-49(50)51/h1-35H. The Morgan fingerprint density at radius 3 is 1.58 bits per heavy atom. The van der Waals surface area contributed by atoms with Crippen LogP contribution in [0.3, 0.4) is 0 Å². The SMILES string of the molecule is c1ccc2cc3c(cc2c1)nc1c2sc4cc5ccccc5cc4c2cc(-c2ccc(-c4ccc(-c5ccc(-c6cc7cccnc7c7ccccc67)cc5)c5ccccc45)cc2)n31. The second-order valence-corrected chi connectivity index (χ2v) is 18.0. The molecule has 0 aliphatic heterocycles. The van der Waals surface area contributed by atoms with Gasteiger partial charge in [0.25, 0.3) is 0 Å². The highest BCUT2D eigenvalue weighted by atomic mass is 32.1. The number of imidazole rings is 1. The first kappa shape index (κ1) is 35.4. The van der Waals surface area contributed by atoms with Crippen LogP contribution in [0.4, 0.5) is 0 Å². The summed E-state index contributed by atoms with van der Waals surface area (Å²) in [5, 5.41) is 13.5. The van der Waals surface area contributed by atoms with Crippen molar-refractivity contribution >= 4 is 102 Å².